The second-order valence-corrected chi connectivity index (χ2v) is 5.51. The van der Waals surface area contributed by atoms with Crippen molar-refractivity contribution in [2.45, 2.75) is 18.6 Å². The molecule has 0 spiro atoms. The topological polar surface area (TPSA) is 29.5 Å². The molecule has 98 valence electrons. The van der Waals surface area contributed by atoms with Crippen molar-refractivity contribution in [1.82, 2.24) is 0 Å². The molecule has 1 N–H and O–H groups in total. The van der Waals surface area contributed by atoms with E-state index in [-0.39, 0.29) is 11.9 Å². The Kier molecular flexibility index (Phi) is 3.29. The van der Waals surface area contributed by atoms with E-state index in [2.05, 4.69) is 15.9 Å². The van der Waals surface area contributed by atoms with Gasteiger partial charge in [-0.1, -0.05) is 28.1 Å². The van der Waals surface area contributed by atoms with Crippen molar-refractivity contribution in [3.63, 3.8) is 0 Å². The first-order chi connectivity index (χ1) is 9.13. The van der Waals surface area contributed by atoms with Gasteiger partial charge in [-0.15, -0.1) is 0 Å². The van der Waals surface area contributed by atoms with E-state index in [1.54, 1.807) is 6.07 Å². The van der Waals surface area contributed by atoms with E-state index >= 15 is 0 Å². The zero-order chi connectivity index (χ0) is 13.4. The molecule has 2 aromatic carbocycles. The Hall–Kier alpha value is -1.39. The standard InChI is InChI=1S/C15H12BrFO2/c16-10-3-1-2-9(6-10)14-8-13(18)12-5-4-11(17)7-15(12)19-14/h1-7,13-14,18H,8H2. The van der Waals surface area contributed by atoms with Gasteiger partial charge in [-0.25, -0.2) is 4.39 Å². The molecular weight excluding hydrogens is 311 g/mol. The maximum atomic E-state index is 13.2. The lowest BCUT2D eigenvalue weighted by Gasteiger charge is -2.30. The van der Waals surface area contributed by atoms with Crippen molar-refractivity contribution in [2.24, 2.45) is 0 Å². The van der Waals surface area contributed by atoms with Gasteiger partial charge in [-0.05, 0) is 29.8 Å². The Morgan fingerprint density at radius 3 is 2.84 bits per heavy atom. The number of ether oxygens (including phenoxy) is 1. The van der Waals surface area contributed by atoms with Crippen molar-refractivity contribution in [2.75, 3.05) is 0 Å². The largest absolute Gasteiger partial charge is 0.485 e. The lowest BCUT2D eigenvalue weighted by atomic mass is 9.95. The van der Waals surface area contributed by atoms with Crippen LogP contribution in [0.15, 0.2) is 46.9 Å². The summed E-state index contributed by atoms with van der Waals surface area (Å²) in [6, 6.07) is 12.0. The molecule has 0 fully saturated rings. The fraction of sp³-hybridized carbons (Fsp3) is 0.200. The average molecular weight is 323 g/mol. The lowest BCUT2D eigenvalue weighted by molar-refractivity contribution is 0.0653. The molecule has 0 aromatic heterocycles. The van der Waals surface area contributed by atoms with Gasteiger partial charge in [0.2, 0.25) is 0 Å². The average Bonchev–Trinajstić information content (AvgIpc) is 2.38. The molecule has 2 aromatic rings. The predicted molar refractivity (Wildman–Crippen MR) is 73.5 cm³/mol. The third-order valence-electron chi connectivity index (χ3n) is 3.26. The summed E-state index contributed by atoms with van der Waals surface area (Å²) in [5.41, 5.74) is 1.61. The number of rotatable bonds is 1. The maximum absolute atomic E-state index is 13.2. The molecule has 2 unspecified atom stereocenters. The van der Waals surface area contributed by atoms with E-state index in [0.29, 0.717) is 17.7 Å². The first-order valence-electron chi connectivity index (χ1n) is 6.03. The number of halogens is 2. The zero-order valence-electron chi connectivity index (χ0n) is 10.0. The summed E-state index contributed by atoms with van der Waals surface area (Å²) >= 11 is 3.41. The third kappa shape index (κ3) is 2.51. The second kappa shape index (κ2) is 4.94. The van der Waals surface area contributed by atoms with Gasteiger partial charge >= 0.3 is 0 Å². The molecule has 4 heteroatoms. The van der Waals surface area contributed by atoms with Crippen LogP contribution in [0.4, 0.5) is 4.39 Å². The van der Waals surface area contributed by atoms with Gasteiger partial charge in [0.25, 0.3) is 0 Å². The van der Waals surface area contributed by atoms with Crippen LogP contribution in [0.2, 0.25) is 0 Å². The van der Waals surface area contributed by atoms with Crippen LogP contribution in [0.25, 0.3) is 0 Å². The summed E-state index contributed by atoms with van der Waals surface area (Å²) in [6.45, 7) is 0. The van der Waals surface area contributed by atoms with Crippen LogP contribution in [0.1, 0.15) is 29.8 Å². The van der Waals surface area contributed by atoms with Gasteiger partial charge in [-0.2, -0.15) is 0 Å². The summed E-state index contributed by atoms with van der Waals surface area (Å²) in [6.07, 6.45) is -0.426. The summed E-state index contributed by atoms with van der Waals surface area (Å²) in [4.78, 5) is 0. The van der Waals surface area contributed by atoms with E-state index in [0.717, 1.165) is 10.0 Å². The maximum Gasteiger partial charge on any atom is 0.128 e. The zero-order valence-corrected chi connectivity index (χ0v) is 11.6. The van der Waals surface area contributed by atoms with Gasteiger partial charge in [-0.3, -0.25) is 0 Å². The van der Waals surface area contributed by atoms with Crippen molar-refractivity contribution in [3.05, 3.63) is 63.9 Å². The van der Waals surface area contributed by atoms with Crippen LogP contribution < -0.4 is 4.74 Å². The van der Waals surface area contributed by atoms with Crippen molar-refractivity contribution in [3.8, 4) is 5.75 Å². The van der Waals surface area contributed by atoms with Crippen LogP contribution in [0.3, 0.4) is 0 Å². The van der Waals surface area contributed by atoms with Gasteiger partial charge in [0.1, 0.15) is 17.7 Å². The second-order valence-electron chi connectivity index (χ2n) is 4.60. The number of hydrogen-bond acceptors (Lipinski definition) is 2. The van der Waals surface area contributed by atoms with Crippen LogP contribution in [-0.4, -0.2) is 5.11 Å². The molecule has 0 saturated heterocycles. The van der Waals surface area contributed by atoms with Gasteiger partial charge in [0, 0.05) is 22.5 Å². The highest BCUT2D eigenvalue weighted by molar-refractivity contribution is 9.10. The predicted octanol–water partition coefficient (Wildman–Crippen LogP) is 4.15. The number of fused-ring (bicyclic) bond motifs is 1. The van der Waals surface area contributed by atoms with E-state index in [9.17, 15) is 9.50 Å². The molecule has 0 radical (unpaired) electrons. The summed E-state index contributed by atoms with van der Waals surface area (Å²) < 4.78 is 20.0. The molecule has 0 amide bonds. The van der Waals surface area contributed by atoms with E-state index < -0.39 is 6.10 Å². The highest BCUT2D eigenvalue weighted by Gasteiger charge is 2.28. The Bertz CT molecular complexity index is 615. The Balaban J connectivity index is 1.96. The molecule has 0 saturated carbocycles. The number of benzene rings is 2. The summed E-state index contributed by atoms with van der Waals surface area (Å²) in [5.74, 6) is 0.0598. The minimum atomic E-state index is -0.631. The fourth-order valence-corrected chi connectivity index (χ4v) is 2.74. The summed E-state index contributed by atoms with van der Waals surface area (Å²) in [5, 5.41) is 10.1. The Labute approximate surface area is 119 Å². The molecular formula is C15H12BrFO2. The molecule has 1 aliphatic rings. The quantitative estimate of drug-likeness (QED) is 0.854. The van der Waals surface area contributed by atoms with Gasteiger partial charge in [0.05, 0.1) is 6.10 Å². The van der Waals surface area contributed by atoms with E-state index in [4.69, 9.17) is 4.74 Å². The molecule has 3 rings (SSSR count). The molecule has 19 heavy (non-hydrogen) atoms. The van der Waals surface area contributed by atoms with E-state index in [1.165, 1.54) is 12.1 Å². The minimum Gasteiger partial charge on any atom is -0.485 e. The lowest BCUT2D eigenvalue weighted by Crippen LogP contribution is -2.19. The molecule has 0 aliphatic carbocycles. The normalized spacial score (nSPS) is 21.6. The molecule has 2 atom stereocenters. The first kappa shape index (κ1) is 12.6. The van der Waals surface area contributed by atoms with Crippen molar-refractivity contribution >= 4 is 15.9 Å². The SMILES string of the molecule is OC1CC(c2cccc(Br)c2)Oc2cc(F)ccc21. The smallest absolute Gasteiger partial charge is 0.128 e. The van der Waals surface area contributed by atoms with E-state index in [1.807, 2.05) is 24.3 Å². The van der Waals surface area contributed by atoms with Crippen LogP contribution in [-0.2, 0) is 0 Å². The van der Waals surface area contributed by atoms with Crippen LogP contribution >= 0.6 is 15.9 Å². The summed E-state index contributed by atoms with van der Waals surface area (Å²) in [7, 11) is 0. The minimum absolute atomic E-state index is 0.262. The highest BCUT2D eigenvalue weighted by Crippen LogP contribution is 2.41. The van der Waals surface area contributed by atoms with Gasteiger partial charge < -0.3 is 9.84 Å². The molecule has 1 heterocycles. The third-order valence-corrected chi connectivity index (χ3v) is 3.75. The first-order valence-corrected chi connectivity index (χ1v) is 6.82. The molecule has 1 aliphatic heterocycles. The number of hydrogen-bond donors (Lipinski definition) is 1. The van der Waals surface area contributed by atoms with Gasteiger partial charge in [0.15, 0.2) is 0 Å². The monoisotopic (exact) mass is 322 g/mol. The fourth-order valence-electron chi connectivity index (χ4n) is 2.33. The number of aliphatic hydroxyl groups excluding tert-OH is 1. The van der Waals surface area contributed by atoms with Crippen LogP contribution in [0.5, 0.6) is 5.75 Å². The molecule has 2 nitrogen and oxygen atoms in total. The van der Waals surface area contributed by atoms with Crippen LogP contribution in [0, 0.1) is 5.82 Å². The van der Waals surface area contributed by atoms with Crippen molar-refractivity contribution < 1.29 is 14.2 Å². The Morgan fingerprint density at radius 2 is 2.05 bits per heavy atom. The Morgan fingerprint density at radius 1 is 1.21 bits per heavy atom. The highest BCUT2D eigenvalue weighted by atomic mass is 79.9. The number of aliphatic hydroxyl groups is 1. The van der Waals surface area contributed by atoms with Crippen molar-refractivity contribution in [1.29, 1.82) is 0 Å². The molecule has 0 bridgehead atoms.